The van der Waals surface area contributed by atoms with Crippen LogP contribution in [0.25, 0.3) is 0 Å². The Bertz CT molecular complexity index is 468. The van der Waals surface area contributed by atoms with Crippen molar-refractivity contribution >= 4 is 11.9 Å². The number of rotatable bonds is 7. The fraction of sp³-hybridized carbons (Fsp3) is 0.375. The van der Waals surface area contributed by atoms with Crippen LogP contribution >= 0.6 is 0 Å². The van der Waals surface area contributed by atoms with Crippen LogP contribution in [0.2, 0.25) is 0 Å². The van der Waals surface area contributed by atoms with Gasteiger partial charge in [0.15, 0.2) is 0 Å². The molecule has 1 atom stereocenters. The smallest absolute Gasteiger partial charge is 0.328 e. The minimum Gasteiger partial charge on any atom is -0.467 e. The maximum absolute atomic E-state index is 11.9. The Labute approximate surface area is 119 Å². The molecule has 0 unspecified atom stereocenters. The van der Waals surface area contributed by atoms with E-state index in [1.54, 1.807) is 0 Å². The third kappa shape index (κ3) is 5.69. The highest BCUT2D eigenvalue weighted by Gasteiger charge is 2.21. The molecule has 20 heavy (non-hydrogen) atoms. The third-order valence-corrected chi connectivity index (χ3v) is 2.86. The van der Waals surface area contributed by atoms with E-state index in [9.17, 15) is 9.59 Å². The van der Waals surface area contributed by atoms with Gasteiger partial charge in [0.05, 0.1) is 7.11 Å². The summed E-state index contributed by atoms with van der Waals surface area (Å²) >= 11 is 0. The molecule has 0 saturated heterocycles. The predicted molar refractivity (Wildman–Crippen MR) is 78.1 cm³/mol. The number of carbonyl (C=O) groups is 2. The van der Waals surface area contributed by atoms with Crippen LogP contribution in [0.4, 0.5) is 0 Å². The molecule has 0 aliphatic carbocycles. The fourth-order valence-corrected chi connectivity index (χ4v) is 1.85. The molecule has 0 fully saturated rings. The summed E-state index contributed by atoms with van der Waals surface area (Å²) in [4.78, 5) is 23.5. The number of aryl methyl sites for hydroxylation is 1. The molecule has 4 heteroatoms. The van der Waals surface area contributed by atoms with Gasteiger partial charge in [0.2, 0.25) is 5.91 Å². The number of methoxy groups -OCH3 is 1. The van der Waals surface area contributed by atoms with Gasteiger partial charge in [0.25, 0.3) is 0 Å². The molecule has 1 rings (SSSR count). The highest BCUT2D eigenvalue weighted by atomic mass is 16.5. The van der Waals surface area contributed by atoms with Crippen molar-refractivity contribution in [2.45, 2.75) is 32.2 Å². The van der Waals surface area contributed by atoms with Gasteiger partial charge >= 0.3 is 5.97 Å². The quantitative estimate of drug-likeness (QED) is 0.613. The number of amides is 1. The van der Waals surface area contributed by atoms with E-state index in [4.69, 9.17) is 0 Å². The van der Waals surface area contributed by atoms with Gasteiger partial charge in [-0.2, -0.15) is 0 Å². The molecule has 1 amide bonds. The minimum atomic E-state index is -0.652. The largest absolute Gasteiger partial charge is 0.467 e. The van der Waals surface area contributed by atoms with E-state index >= 15 is 0 Å². The Kier molecular flexibility index (Phi) is 6.50. The SMILES string of the molecule is C=C(C)C[C@@H](NC(=O)CCc1ccccc1)C(=O)OC. The summed E-state index contributed by atoms with van der Waals surface area (Å²) in [6, 6.07) is 9.10. The van der Waals surface area contributed by atoms with Crippen molar-refractivity contribution in [1.82, 2.24) is 5.32 Å². The van der Waals surface area contributed by atoms with Crippen LogP contribution in [0.5, 0.6) is 0 Å². The molecule has 108 valence electrons. The molecule has 0 radical (unpaired) electrons. The second-order valence-electron chi connectivity index (χ2n) is 4.79. The molecule has 4 nitrogen and oxygen atoms in total. The van der Waals surface area contributed by atoms with Crippen molar-refractivity contribution in [1.29, 1.82) is 0 Å². The predicted octanol–water partition coefficient (Wildman–Crippen LogP) is 2.24. The normalized spacial score (nSPS) is 11.5. The van der Waals surface area contributed by atoms with Crippen molar-refractivity contribution in [3.63, 3.8) is 0 Å². The molecule has 0 aliphatic rings. The van der Waals surface area contributed by atoms with E-state index in [-0.39, 0.29) is 5.91 Å². The first-order chi connectivity index (χ1) is 9.52. The van der Waals surface area contributed by atoms with Crippen LogP contribution in [-0.4, -0.2) is 25.0 Å². The maximum atomic E-state index is 11.9. The second kappa shape index (κ2) is 8.15. The summed E-state index contributed by atoms with van der Waals surface area (Å²) in [5, 5.41) is 2.69. The van der Waals surface area contributed by atoms with Gasteiger partial charge in [-0.15, -0.1) is 6.58 Å². The van der Waals surface area contributed by atoms with Gasteiger partial charge in [-0.25, -0.2) is 4.79 Å². The number of nitrogens with one attached hydrogen (secondary N) is 1. The average molecular weight is 275 g/mol. The summed E-state index contributed by atoms with van der Waals surface area (Å²) < 4.78 is 4.68. The molecular formula is C16H21NO3. The standard InChI is InChI=1S/C16H21NO3/c1-12(2)11-14(16(19)20-3)17-15(18)10-9-13-7-5-4-6-8-13/h4-8,14H,1,9-11H2,2-3H3,(H,17,18)/t14-/m1/s1. The number of carbonyl (C=O) groups excluding carboxylic acids is 2. The highest BCUT2D eigenvalue weighted by Crippen LogP contribution is 2.06. The number of esters is 1. The van der Waals surface area contributed by atoms with E-state index in [0.29, 0.717) is 19.3 Å². The number of benzene rings is 1. The lowest BCUT2D eigenvalue weighted by atomic mass is 10.1. The lowest BCUT2D eigenvalue weighted by Gasteiger charge is -2.16. The van der Waals surface area contributed by atoms with E-state index in [1.165, 1.54) is 7.11 Å². The van der Waals surface area contributed by atoms with Crippen LogP contribution in [0.15, 0.2) is 42.5 Å². The van der Waals surface area contributed by atoms with Gasteiger partial charge in [0, 0.05) is 6.42 Å². The highest BCUT2D eigenvalue weighted by molar-refractivity contribution is 5.84. The summed E-state index contributed by atoms with van der Waals surface area (Å²) in [6.45, 7) is 5.56. The Morgan fingerprint density at radius 2 is 1.95 bits per heavy atom. The van der Waals surface area contributed by atoms with Gasteiger partial charge in [-0.1, -0.05) is 35.9 Å². The molecular weight excluding hydrogens is 254 g/mol. The molecule has 0 aliphatic heterocycles. The van der Waals surface area contributed by atoms with Crippen LogP contribution in [0.1, 0.15) is 25.3 Å². The van der Waals surface area contributed by atoms with Gasteiger partial charge in [-0.05, 0) is 25.3 Å². The second-order valence-corrected chi connectivity index (χ2v) is 4.79. The van der Waals surface area contributed by atoms with Gasteiger partial charge in [-0.3, -0.25) is 4.79 Å². The number of ether oxygens (including phenoxy) is 1. The fourth-order valence-electron chi connectivity index (χ4n) is 1.85. The van der Waals surface area contributed by atoms with Gasteiger partial charge in [0.1, 0.15) is 6.04 Å². The molecule has 0 aromatic heterocycles. The third-order valence-electron chi connectivity index (χ3n) is 2.86. The van der Waals surface area contributed by atoms with E-state index in [0.717, 1.165) is 11.1 Å². The van der Waals surface area contributed by atoms with Crippen LogP contribution in [-0.2, 0) is 20.7 Å². The van der Waals surface area contributed by atoms with Crippen LogP contribution in [0, 0.1) is 0 Å². The molecule has 0 heterocycles. The van der Waals surface area contributed by atoms with Crippen molar-refractivity contribution in [3.8, 4) is 0 Å². The van der Waals surface area contributed by atoms with Gasteiger partial charge < -0.3 is 10.1 Å². The number of hydrogen-bond donors (Lipinski definition) is 1. The van der Waals surface area contributed by atoms with E-state index < -0.39 is 12.0 Å². The first-order valence-corrected chi connectivity index (χ1v) is 6.58. The van der Waals surface area contributed by atoms with E-state index in [2.05, 4.69) is 16.6 Å². The molecule has 0 saturated carbocycles. The topological polar surface area (TPSA) is 55.4 Å². The van der Waals surface area contributed by atoms with Crippen LogP contribution < -0.4 is 5.32 Å². The monoisotopic (exact) mass is 275 g/mol. The zero-order valence-electron chi connectivity index (χ0n) is 12.0. The first-order valence-electron chi connectivity index (χ1n) is 6.58. The zero-order valence-corrected chi connectivity index (χ0v) is 12.0. The summed E-state index contributed by atoms with van der Waals surface area (Å²) in [5.74, 6) is -0.605. The van der Waals surface area contributed by atoms with Crippen molar-refractivity contribution in [2.24, 2.45) is 0 Å². The van der Waals surface area contributed by atoms with Crippen molar-refractivity contribution < 1.29 is 14.3 Å². The molecule has 0 spiro atoms. The summed E-state index contributed by atoms with van der Waals surface area (Å²) in [6.07, 6.45) is 1.38. The van der Waals surface area contributed by atoms with E-state index in [1.807, 2.05) is 37.3 Å². The first kappa shape index (κ1) is 16.0. The average Bonchev–Trinajstić information content (AvgIpc) is 2.44. The molecule has 1 aromatic rings. The minimum absolute atomic E-state index is 0.162. The Morgan fingerprint density at radius 1 is 1.30 bits per heavy atom. The zero-order chi connectivity index (χ0) is 15.0. The summed E-state index contributed by atoms with van der Waals surface area (Å²) in [5.41, 5.74) is 1.92. The Balaban J connectivity index is 2.49. The molecule has 0 bridgehead atoms. The molecule has 1 N–H and O–H groups in total. The lowest BCUT2D eigenvalue weighted by molar-refractivity contribution is -0.145. The van der Waals surface area contributed by atoms with Crippen LogP contribution in [0.3, 0.4) is 0 Å². The lowest BCUT2D eigenvalue weighted by Crippen LogP contribution is -2.41. The maximum Gasteiger partial charge on any atom is 0.328 e. The van der Waals surface area contributed by atoms with Crippen molar-refractivity contribution in [2.75, 3.05) is 7.11 Å². The Morgan fingerprint density at radius 3 is 2.50 bits per heavy atom. The summed E-state index contributed by atoms with van der Waals surface area (Å²) in [7, 11) is 1.31. The number of hydrogen-bond acceptors (Lipinski definition) is 3. The molecule has 1 aromatic carbocycles. The van der Waals surface area contributed by atoms with Crippen molar-refractivity contribution in [3.05, 3.63) is 48.0 Å². The Hall–Kier alpha value is -2.10.